The third-order valence-corrected chi connectivity index (χ3v) is 3.07. The second-order valence-corrected chi connectivity index (χ2v) is 4.76. The van der Waals surface area contributed by atoms with E-state index in [0.717, 1.165) is 12.3 Å². The lowest BCUT2D eigenvalue weighted by atomic mass is 9.97. The number of hydrogen-bond donors (Lipinski definition) is 1. The van der Waals surface area contributed by atoms with Crippen LogP contribution in [0.15, 0.2) is 24.3 Å². The standard InChI is InChI=1S/C13H19NO/c1-10(2)15-9-13(7-8-13)11-3-5-12(14)6-4-11/h3-6,10H,7-9,14H2,1-2H3. The third kappa shape index (κ3) is 2.32. The Morgan fingerprint density at radius 2 is 1.87 bits per heavy atom. The number of rotatable bonds is 4. The molecule has 0 saturated heterocycles. The van der Waals surface area contributed by atoms with Gasteiger partial charge in [-0.25, -0.2) is 0 Å². The first-order valence-corrected chi connectivity index (χ1v) is 5.60. The number of benzene rings is 1. The van der Waals surface area contributed by atoms with Crippen molar-refractivity contribution in [3.05, 3.63) is 29.8 Å². The summed E-state index contributed by atoms with van der Waals surface area (Å²) in [6.07, 6.45) is 2.80. The monoisotopic (exact) mass is 205 g/mol. The molecule has 0 unspecified atom stereocenters. The van der Waals surface area contributed by atoms with Gasteiger partial charge in [-0.3, -0.25) is 0 Å². The van der Waals surface area contributed by atoms with Crippen LogP contribution in [0, 0.1) is 0 Å². The molecule has 0 atom stereocenters. The first kappa shape index (κ1) is 10.5. The second-order valence-electron chi connectivity index (χ2n) is 4.76. The molecule has 0 heterocycles. The summed E-state index contributed by atoms with van der Waals surface area (Å²) >= 11 is 0. The summed E-state index contributed by atoms with van der Waals surface area (Å²) < 4.78 is 5.72. The van der Waals surface area contributed by atoms with Crippen LogP contribution in [-0.2, 0) is 10.2 Å². The molecule has 1 fully saturated rings. The molecule has 1 aromatic rings. The Morgan fingerprint density at radius 3 is 2.33 bits per heavy atom. The fourth-order valence-corrected chi connectivity index (χ4v) is 1.83. The van der Waals surface area contributed by atoms with Crippen LogP contribution >= 0.6 is 0 Å². The maximum Gasteiger partial charge on any atom is 0.0566 e. The Morgan fingerprint density at radius 1 is 1.27 bits per heavy atom. The molecule has 1 aliphatic rings. The zero-order valence-corrected chi connectivity index (χ0v) is 9.49. The van der Waals surface area contributed by atoms with E-state index in [0.29, 0.717) is 6.10 Å². The molecule has 2 nitrogen and oxygen atoms in total. The molecular formula is C13H19NO. The number of anilines is 1. The first-order chi connectivity index (χ1) is 7.12. The summed E-state index contributed by atoms with van der Waals surface area (Å²) in [5.41, 5.74) is 8.18. The summed E-state index contributed by atoms with van der Waals surface area (Å²) in [6, 6.07) is 8.22. The summed E-state index contributed by atoms with van der Waals surface area (Å²) in [7, 11) is 0. The molecule has 1 aromatic carbocycles. The number of nitrogen functional groups attached to an aromatic ring is 1. The smallest absolute Gasteiger partial charge is 0.0566 e. The van der Waals surface area contributed by atoms with E-state index in [4.69, 9.17) is 10.5 Å². The molecule has 1 saturated carbocycles. The molecule has 15 heavy (non-hydrogen) atoms. The van der Waals surface area contributed by atoms with Gasteiger partial charge in [-0.1, -0.05) is 12.1 Å². The molecule has 0 radical (unpaired) electrons. The van der Waals surface area contributed by atoms with E-state index in [1.807, 2.05) is 12.1 Å². The Labute approximate surface area is 91.4 Å². The topological polar surface area (TPSA) is 35.2 Å². The SMILES string of the molecule is CC(C)OCC1(c2ccc(N)cc2)CC1. The molecule has 2 heteroatoms. The molecule has 0 bridgehead atoms. The van der Waals surface area contributed by atoms with Gasteiger partial charge < -0.3 is 10.5 Å². The normalized spacial score (nSPS) is 18.1. The fourth-order valence-electron chi connectivity index (χ4n) is 1.83. The maximum absolute atomic E-state index is 5.72. The Bertz CT molecular complexity index is 325. The van der Waals surface area contributed by atoms with E-state index in [9.17, 15) is 0 Å². The van der Waals surface area contributed by atoms with E-state index in [-0.39, 0.29) is 5.41 Å². The Balaban J connectivity index is 2.06. The van der Waals surface area contributed by atoms with Gasteiger partial charge in [0.15, 0.2) is 0 Å². The van der Waals surface area contributed by atoms with Gasteiger partial charge in [0.25, 0.3) is 0 Å². The number of nitrogens with two attached hydrogens (primary N) is 1. The lowest BCUT2D eigenvalue weighted by Crippen LogP contribution is -2.18. The molecule has 2 rings (SSSR count). The average Bonchev–Trinajstić information content (AvgIpc) is 2.97. The van der Waals surface area contributed by atoms with E-state index in [2.05, 4.69) is 26.0 Å². The van der Waals surface area contributed by atoms with Crippen LogP contribution in [0.3, 0.4) is 0 Å². The number of hydrogen-bond acceptors (Lipinski definition) is 2. The molecule has 0 aliphatic heterocycles. The van der Waals surface area contributed by atoms with Crippen molar-refractivity contribution >= 4 is 5.69 Å². The highest BCUT2D eigenvalue weighted by Crippen LogP contribution is 2.48. The second kappa shape index (κ2) is 3.86. The summed E-state index contributed by atoms with van der Waals surface area (Å²) in [5.74, 6) is 0. The van der Waals surface area contributed by atoms with Gasteiger partial charge in [0, 0.05) is 11.1 Å². The van der Waals surface area contributed by atoms with Crippen LogP contribution in [0.2, 0.25) is 0 Å². The summed E-state index contributed by atoms with van der Waals surface area (Å²) in [4.78, 5) is 0. The summed E-state index contributed by atoms with van der Waals surface area (Å²) in [6.45, 7) is 5.01. The quantitative estimate of drug-likeness (QED) is 0.767. The predicted molar refractivity (Wildman–Crippen MR) is 62.9 cm³/mol. The van der Waals surface area contributed by atoms with Crippen molar-refractivity contribution in [2.24, 2.45) is 0 Å². The van der Waals surface area contributed by atoms with Crippen LogP contribution in [0.1, 0.15) is 32.3 Å². The zero-order valence-electron chi connectivity index (χ0n) is 9.49. The van der Waals surface area contributed by atoms with Crippen molar-refractivity contribution in [1.29, 1.82) is 0 Å². The van der Waals surface area contributed by atoms with Crippen molar-refractivity contribution in [1.82, 2.24) is 0 Å². The largest absolute Gasteiger partial charge is 0.399 e. The van der Waals surface area contributed by atoms with Crippen LogP contribution in [0.25, 0.3) is 0 Å². The Hall–Kier alpha value is -1.02. The highest BCUT2D eigenvalue weighted by Gasteiger charge is 2.44. The minimum Gasteiger partial charge on any atom is -0.399 e. The van der Waals surface area contributed by atoms with Crippen LogP contribution < -0.4 is 5.73 Å². The third-order valence-electron chi connectivity index (χ3n) is 3.07. The van der Waals surface area contributed by atoms with Crippen molar-refractivity contribution in [2.75, 3.05) is 12.3 Å². The van der Waals surface area contributed by atoms with Crippen LogP contribution in [0.5, 0.6) is 0 Å². The highest BCUT2D eigenvalue weighted by molar-refractivity contribution is 5.43. The van der Waals surface area contributed by atoms with Gasteiger partial charge in [0.05, 0.1) is 12.7 Å². The average molecular weight is 205 g/mol. The van der Waals surface area contributed by atoms with Crippen molar-refractivity contribution in [3.8, 4) is 0 Å². The van der Waals surface area contributed by atoms with Crippen LogP contribution in [-0.4, -0.2) is 12.7 Å². The minimum atomic E-state index is 0.290. The molecule has 82 valence electrons. The fraction of sp³-hybridized carbons (Fsp3) is 0.538. The van der Waals surface area contributed by atoms with Crippen molar-refractivity contribution in [2.45, 2.75) is 38.2 Å². The molecule has 0 amide bonds. The van der Waals surface area contributed by atoms with Gasteiger partial charge in [0.1, 0.15) is 0 Å². The summed E-state index contributed by atoms with van der Waals surface area (Å²) in [5, 5.41) is 0. The molecule has 1 aliphatic carbocycles. The van der Waals surface area contributed by atoms with E-state index < -0.39 is 0 Å². The molecule has 0 spiro atoms. The molecular weight excluding hydrogens is 186 g/mol. The van der Waals surface area contributed by atoms with Gasteiger partial charge in [-0.15, -0.1) is 0 Å². The van der Waals surface area contributed by atoms with E-state index in [1.54, 1.807) is 0 Å². The Kier molecular flexibility index (Phi) is 2.70. The van der Waals surface area contributed by atoms with Gasteiger partial charge in [-0.05, 0) is 44.4 Å². The molecule has 2 N–H and O–H groups in total. The minimum absolute atomic E-state index is 0.290. The van der Waals surface area contributed by atoms with Gasteiger partial charge in [0.2, 0.25) is 0 Å². The van der Waals surface area contributed by atoms with Gasteiger partial charge in [-0.2, -0.15) is 0 Å². The predicted octanol–water partition coefficient (Wildman–Crippen LogP) is 2.73. The lowest BCUT2D eigenvalue weighted by Gasteiger charge is -2.18. The first-order valence-electron chi connectivity index (χ1n) is 5.60. The maximum atomic E-state index is 5.72. The van der Waals surface area contributed by atoms with E-state index in [1.165, 1.54) is 18.4 Å². The highest BCUT2D eigenvalue weighted by atomic mass is 16.5. The van der Waals surface area contributed by atoms with E-state index >= 15 is 0 Å². The zero-order chi connectivity index (χ0) is 10.9. The van der Waals surface area contributed by atoms with Crippen LogP contribution in [0.4, 0.5) is 5.69 Å². The number of ether oxygens (including phenoxy) is 1. The molecule has 0 aromatic heterocycles. The van der Waals surface area contributed by atoms with Gasteiger partial charge >= 0.3 is 0 Å². The lowest BCUT2D eigenvalue weighted by molar-refractivity contribution is 0.0619. The van der Waals surface area contributed by atoms with Crippen molar-refractivity contribution in [3.63, 3.8) is 0 Å². The van der Waals surface area contributed by atoms with Crippen molar-refractivity contribution < 1.29 is 4.74 Å².